The minimum Gasteiger partial charge on any atom is -0.344 e. The van der Waals surface area contributed by atoms with E-state index >= 15 is 0 Å². The third-order valence-corrected chi connectivity index (χ3v) is 7.76. The molecule has 3 aromatic rings. The number of aryl methyl sites for hydroxylation is 1. The van der Waals surface area contributed by atoms with Crippen molar-refractivity contribution in [3.63, 3.8) is 0 Å². The van der Waals surface area contributed by atoms with Crippen molar-refractivity contribution in [2.75, 3.05) is 20.1 Å². The van der Waals surface area contributed by atoms with Crippen LogP contribution in [0.15, 0.2) is 41.9 Å². The van der Waals surface area contributed by atoms with E-state index in [1.807, 2.05) is 75.2 Å². The molecule has 0 radical (unpaired) electrons. The van der Waals surface area contributed by atoms with E-state index in [9.17, 15) is 14.4 Å². The average molecular weight is 545 g/mol. The van der Waals surface area contributed by atoms with Crippen LogP contribution < -0.4 is 10.6 Å². The standard InChI is InChI=1S/C20H27N3O3S2.C6H7N.CH2O/c1-12(2)9-14(19(25)21-13-5-4-7-23(3)11-15(13)24)22-20(26)18-10-17-16(28-18)6-8-27-17;1-6-4-2-3-5-7-6;1-2/h6,8,10,12-14H,4-5,7,9,11H2,1-3H3,(H,21,25)(H,22,26);2-5H,1H3;1H2. The summed E-state index contributed by atoms with van der Waals surface area (Å²) in [6.45, 7) is 9.19. The van der Waals surface area contributed by atoms with Crippen molar-refractivity contribution in [2.45, 2.75) is 52.1 Å². The molecule has 0 bridgehead atoms. The molecule has 2 amide bonds. The van der Waals surface area contributed by atoms with Crippen molar-refractivity contribution in [1.82, 2.24) is 20.5 Å². The Bertz CT molecular complexity index is 1120. The van der Waals surface area contributed by atoms with Crippen molar-refractivity contribution in [2.24, 2.45) is 5.92 Å². The number of rotatable bonds is 6. The van der Waals surface area contributed by atoms with Gasteiger partial charge in [-0.1, -0.05) is 19.9 Å². The van der Waals surface area contributed by atoms with Gasteiger partial charge in [0.25, 0.3) is 5.91 Å². The van der Waals surface area contributed by atoms with Gasteiger partial charge in [-0.3, -0.25) is 24.3 Å². The number of nitrogens with zero attached hydrogens (tertiary/aromatic N) is 2. The van der Waals surface area contributed by atoms with E-state index in [1.54, 1.807) is 17.5 Å². The Labute approximate surface area is 226 Å². The van der Waals surface area contributed by atoms with Gasteiger partial charge in [0.1, 0.15) is 12.8 Å². The largest absolute Gasteiger partial charge is 0.344 e. The number of Topliss-reactive ketones (excluding diaryl/α,β-unsaturated/α-hetero) is 1. The van der Waals surface area contributed by atoms with Crippen LogP contribution in [0.4, 0.5) is 0 Å². The van der Waals surface area contributed by atoms with Gasteiger partial charge in [-0.05, 0) is 75.3 Å². The summed E-state index contributed by atoms with van der Waals surface area (Å²) in [5, 5.41) is 7.77. The fourth-order valence-corrected chi connectivity index (χ4v) is 5.88. The number of fused-ring (bicyclic) bond motifs is 1. The second-order valence-electron chi connectivity index (χ2n) is 9.29. The normalized spacial score (nSPS) is 16.6. The fourth-order valence-electron chi connectivity index (χ4n) is 3.86. The number of hydrogen-bond acceptors (Lipinski definition) is 8. The van der Waals surface area contributed by atoms with Gasteiger partial charge in [0.2, 0.25) is 5.91 Å². The lowest BCUT2D eigenvalue weighted by atomic mass is 10.0. The number of likely N-dealkylation sites (N-methyl/N-ethyl adjacent to an activating group) is 1. The zero-order chi connectivity index (χ0) is 27.4. The third-order valence-electron chi connectivity index (χ3n) is 5.67. The topological polar surface area (TPSA) is 108 Å². The van der Waals surface area contributed by atoms with Gasteiger partial charge < -0.3 is 15.4 Å². The summed E-state index contributed by atoms with van der Waals surface area (Å²) in [4.78, 5) is 52.5. The fraction of sp³-hybridized carbons (Fsp3) is 0.444. The van der Waals surface area contributed by atoms with Crippen LogP contribution in [0.2, 0.25) is 0 Å². The maximum atomic E-state index is 12.9. The Balaban J connectivity index is 0.000000455. The zero-order valence-corrected chi connectivity index (χ0v) is 23.5. The molecule has 0 aliphatic carbocycles. The van der Waals surface area contributed by atoms with Crippen LogP contribution in [0.5, 0.6) is 0 Å². The number of carbonyl (C=O) groups is 4. The summed E-state index contributed by atoms with van der Waals surface area (Å²) in [5.74, 6) is -0.246. The molecule has 1 aliphatic rings. The molecule has 37 heavy (non-hydrogen) atoms. The molecule has 1 fully saturated rings. The second-order valence-corrected chi connectivity index (χ2v) is 11.3. The first kappa shape index (κ1) is 30.3. The molecule has 0 aromatic carbocycles. The van der Waals surface area contributed by atoms with Crippen molar-refractivity contribution < 1.29 is 19.2 Å². The first-order valence-corrected chi connectivity index (χ1v) is 13.9. The third kappa shape index (κ3) is 9.79. The van der Waals surface area contributed by atoms with Crippen LogP contribution in [-0.2, 0) is 14.4 Å². The van der Waals surface area contributed by atoms with Crippen LogP contribution in [0.3, 0.4) is 0 Å². The Hall–Kier alpha value is -2.95. The lowest BCUT2D eigenvalue weighted by molar-refractivity contribution is -0.129. The molecule has 3 aromatic heterocycles. The molecule has 8 nitrogen and oxygen atoms in total. The average Bonchev–Trinajstić information content (AvgIpc) is 3.43. The highest BCUT2D eigenvalue weighted by Gasteiger charge is 2.29. The van der Waals surface area contributed by atoms with Gasteiger partial charge in [-0.2, -0.15) is 0 Å². The van der Waals surface area contributed by atoms with Crippen LogP contribution in [-0.4, -0.2) is 66.5 Å². The second kappa shape index (κ2) is 15.3. The van der Waals surface area contributed by atoms with Crippen molar-refractivity contribution in [3.05, 3.63) is 52.5 Å². The van der Waals surface area contributed by atoms with Gasteiger partial charge >= 0.3 is 0 Å². The highest BCUT2D eigenvalue weighted by Crippen LogP contribution is 2.30. The molecule has 4 heterocycles. The number of likely N-dealkylation sites (tertiary alicyclic amines) is 1. The molecular formula is C27H36N4O4S2. The van der Waals surface area contributed by atoms with E-state index in [0.717, 1.165) is 28.1 Å². The van der Waals surface area contributed by atoms with Gasteiger partial charge in [0.05, 0.1) is 17.5 Å². The molecule has 2 atom stereocenters. The Morgan fingerprint density at radius 3 is 2.57 bits per heavy atom. The number of hydrogen-bond donors (Lipinski definition) is 2. The highest BCUT2D eigenvalue weighted by atomic mass is 32.1. The van der Waals surface area contributed by atoms with Crippen LogP contribution in [0, 0.1) is 12.8 Å². The highest BCUT2D eigenvalue weighted by molar-refractivity contribution is 7.27. The minimum absolute atomic E-state index is 0.0291. The SMILES string of the molecule is C=O.CC(C)CC(NC(=O)c1cc2sccc2s1)C(=O)NC1CCCN(C)CC1=O.Cc1ccccn1. The van der Waals surface area contributed by atoms with E-state index in [0.29, 0.717) is 24.3 Å². The Morgan fingerprint density at radius 1 is 1.22 bits per heavy atom. The number of nitrogens with one attached hydrogen (secondary N) is 2. The molecule has 1 aliphatic heterocycles. The summed E-state index contributed by atoms with van der Waals surface area (Å²) >= 11 is 3.03. The maximum absolute atomic E-state index is 12.9. The summed E-state index contributed by atoms with van der Waals surface area (Å²) in [6, 6.07) is 8.59. The Kier molecular flexibility index (Phi) is 12.5. The van der Waals surface area contributed by atoms with E-state index in [-0.39, 0.29) is 23.5 Å². The van der Waals surface area contributed by atoms with E-state index < -0.39 is 12.1 Å². The van der Waals surface area contributed by atoms with Crippen LogP contribution in [0.1, 0.15) is 48.5 Å². The molecule has 0 saturated carbocycles. The van der Waals surface area contributed by atoms with E-state index in [4.69, 9.17) is 4.79 Å². The van der Waals surface area contributed by atoms with Gasteiger partial charge in [0, 0.05) is 21.3 Å². The summed E-state index contributed by atoms with van der Waals surface area (Å²) < 4.78 is 2.15. The minimum atomic E-state index is -0.651. The van der Waals surface area contributed by atoms with Gasteiger partial charge in [0.15, 0.2) is 5.78 Å². The summed E-state index contributed by atoms with van der Waals surface area (Å²) in [5.41, 5.74) is 1.07. The number of carbonyl (C=O) groups excluding carboxylic acids is 4. The van der Waals surface area contributed by atoms with E-state index in [1.165, 1.54) is 11.3 Å². The molecular weight excluding hydrogens is 508 g/mol. The number of pyridine rings is 1. The zero-order valence-electron chi connectivity index (χ0n) is 21.9. The predicted octanol–water partition coefficient (Wildman–Crippen LogP) is 4.09. The maximum Gasteiger partial charge on any atom is 0.262 e. The molecule has 1 saturated heterocycles. The summed E-state index contributed by atoms with van der Waals surface area (Å²) in [7, 11) is 1.91. The molecule has 4 rings (SSSR count). The van der Waals surface area contributed by atoms with Gasteiger partial charge in [-0.25, -0.2) is 0 Å². The van der Waals surface area contributed by atoms with E-state index in [2.05, 4.69) is 15.6 Å². The predicted molar refractivity (Wildman–Crippen MR) is 150 cm³/mol. The van der Waals surface area contributed by atoms with Crippen LogP contribution in [0.25, 0.3) is 9.40 Å². The van der Waals surface area contributed by atoms with Crippen molar-refractivity contribution >= 4 is 56.5 Å². The van der Waals surface area contributed by atoms with Gasteiger partial charge in [-0.15, -0.1) is 22.7 Å². The quantitative estimate of drug-likeness (QED) is 0.484. The number of thiophene rings is 2. The monoisotopic (exact) mass is 544 g/mol. The number of ketones is 1. The molecule has 10 heteroatoms. The Morgan fingerprint density at radius 2 is 1.97 bits per heavy atom. The van der Waals surface area contributed by atoms with Crippen LogP contribution >= 0.6 is 22.7 Å². The first-order chi connectivity index (χ1) is 17.7. The number of aromatic nitrogens is 1. The molecule has 2 unspecified atom stereocenters. The first-order valence-electron chi connectivity index (χ1n) is 12.2. The summed E-state index contributed by atoms with van der Waals surface area (Å²) in [6.07, 6.45) is 3.81. The number of amides is 2. The molecule has 2 N–H and O–H groups in total. The lowest BCUT2D eigenvalue weighted by Gasteiger charge is -2.23. The lowest BCUT2D eigenvalue weighted by Crippen LogP contribution is -2.52. The molecule has 0 spiro atoms. The smallest absolute Gasteiger partial charge is 0.262 e. The van der Waals surface area contributed by atoms with Crippen molar-refractivity contribution in [3.8, 4) is 0 Å². The molecule has 200 valence electrons. The van der Waals surface area contributed by atoms with Crippen molar-refractivity contribution in [1.29, 1.82) is 0 Å².